The van der Waals surface area contributed by atoms with Crippen molar-refractivity contribution in [3.8, 4) is 0 Å². The normalized spacial score (nSPS) is 38.2. The van der Waals surface area contributed by atoms with Crippen molar-refractivity contribution in [2.75, 3.05) is 6.61 Å². The van der Waals surface area contributed by atoms with Gasteiger partial charge in [-0.25, -0.2) is 13.8 Å². The predicted molar refractivity (Wildman–Crippen MR) is 61.1 cm³/mol. The molecule has 0 amide bonds. The monoisotopic (exact) mass is 267 g/mol. The second kappa shape index (κ2) is 6.26. The zero-order valence-electron chi connectivity index (χ0n) is 10.0. The zero-order chi connectivity index (χ0) is 13.9. The number of hydrogen-bond acceptors (Lipinski definition) is 4. The quantitative estimate of drug-likeness (QED) is 0.387. The van der Waals surface area contributed by atoms with Gasteiger partial charge >= 0.3 is 0 Å². The summed E-state index contributed by atoms with van der Waals surface area (Å²) in [6.45, 7) is 1.12. The van der Waals surface area contributed by atoms with Crippen LogP contribution in [-0.4, -0.2) is 53.6 Å². The highest BCUT2D eigenvalue weighted by molar-refractivity contribution is 5.75. The molecule has 1 fully saturated rings. The van der Waals surface area contributed by atoms with Crippen molar-refractivity contribution in [3.63, 3.8) is 0 Å². The lowest BCUT2D eigenvalue weighted by atomic mass is 9.87. The van der Waals surface area contributed by atoms with E-state index in [1.807, 2.05) is 0 Å². The molecule has 0 aromatic carbocycles. The lowest BCUT2D eigenvalue weighted by Crippen LogP contribution is -2.51. The molecule has 0 radical (unpaired) electrons. The maximum Gasteiger partial charge on any atom is 0.232 e. The van der Waals surface area contributed by atoms with Crippen molar-refractivity contribution in [1.82, 2.24) is 0 Å². The Morgan fingerprint density at radius 2 is 2.06 bits per heavy atom. The van der Waals surface area contributed by atoms with Crippen LogP contribution in [0.3, 0.4) is 0 Å². The maximum absolute atomic E-state index is 13.6. The van der Waals surface area contributed by atoms with E-state index >= 15 is 0 Å². The molecule has 1 saturated heterocycles. The van der Waals surface area contributed by atoms with Crippen molar-refractivity contribution < 1.29 is 23.7 Å². The SMILES string of the molecule is CC1C(C[C@H](O)CO)OC(F)C(F)C1N=C(N)N. The summed E-state index contributed by atoms with van der Waals surface area (Å²) in [5.41, 5.74) is 10.3. The molecule has 106 valence electrons. The highest BCUT2D eigenvalue weighted by atomic mass is 19.2. The summed E-state index contributed by atoms with van der Waals surface area (Å²) in [7, 11) is 0. The van der Waals surface area contributed by atoms with Crippen LogP contribution < -0.4 is 11.5 Å². The van der Waals surface area contributed by atoms with E-state index in [1.165, 1.54) is 0 Å². The number of guanidine groups is 1. The third-order valence-electron chi connectivity index (χ3n) is 3.02. The number of nitrogens with zero attached hydrogens (tertiary/aromatic N) is 1. The van der Waals surface area contributed by atoms with Gasteiger partial charge in [-0.2, -0.15) is 0 Å². The van der Waals surface area contributed by atoms with Gasteiger partial charge in [0, 0.05) is 12.3 Å². The Hall–Kier alpha value is -0.990. The van der Waals surface area contributed by atoms with Crippen LogP contribution in [0.15, 0.2) is 4.99 Å². The average Bonchev–Trinajstić information content (AvgIpc) is 2.31. The van der Waals surface area contributed by atoms with Gasteiger partial charge in [0.2, 0.25) is 6.36 Å². The smallest absolute Gasteiger partial charge is 0.232 e. The van der Waals surface area contributed by atoms with E-state index in [9.17, 15) is 13.9 Å². The summed E-state index contributed by atoms with van der Waals surface area (Å²) in [6, 6.07) is -1.06. The van der Waals surface area contributed by atoms with Crippen LogP contribution in [0.5, 0.6) is 0 Å². The fourth-order valence-electron chi connectivity index (χ4n) is 2.00. The van der Waals surface area contributed by atoms with Crippen LogP contribution in [0.1, 0.15) is 13.3 Å². The largest absolute Gasteiger partial charge is 0.394 e. The molecule has 1 rings (SSSR count). The molecule has 0 aliphatic carbocycles. The van der Waals surface area contributed by atoms with E-state index in [0.717, 1.165) is 0 Å². The first kappa shape index (κ1) is 15.1. The lowest BCUT2D eigenvalue weighted by molar-refractivity contribution is -0.191. The van der Waals surface area contributed by atoms with Crippen LogP contribution in [0.2, 0.25) is 0 Å². The van der Waals surface area contributed by atoms with Crippen molar-refractivity contribution >= 4 is 5.96 Å². The summed E-state index contributed by atoms with van der Waals surface area (Å²) in [5.74, 6) is -0.847. The first-order chi connectivity index (χ1) is 8.36. The summed E-state index contributed by atoms with van der Waals surface area (Å²) in [6.07, 6.45) is -5.93. The van der Waals surface area contributed by atoms with Gasteiger partial charge in [0.25, 0.3) is 0 Å². The third kappa shape index (κ3) is 3.50. The molecule has 18 heavy (non-hydrogen) atoms. The number of ether oxygens (including phenoxy) is 1. The van der Waals surface area contributed by atoms with E-state index in [1.54, 1.807) is 6.92 Å². The van der Waals surface area contributed by atoms with E-state index in [0.29, 0.717) is 0 Å². The van der Waals surface area contributed by atoms with Gasteiger partial charge in [0.15, 0.2) is 12.1 Å². The number of aliphatic hydroxyl groups is 2. The molecule has 1 heterocycles. The molecular formula is C10H19F2N3O3. The Morgan fingerprint density at radius 3 is 2.56 bits per heavy atom. The van der Waals surface area contributed by atoms with Gasteiger partial charge in [-0.1, -0.05) is 6.92 Å². The number of alkyl halides is 2. The van der Waals surface area contributed by atoms with Crippen LogP contribution in [0.25, 0.3) is 0 Å². The highest BCUT2D eigenvalue weighted by Gasteiger charge is 2.45. The first-order valence-electron chi connectivity index (χ1n) is 5.68. The Balaban J connectivity index is 2.80. The number of aliphatic imine (C=N–C) groups is 1. The zero-order valence-corrected chi connectivity index (χ0v) is 10.0. The number of nitrogens with two attached hydrogens (primary N) is 2. The first-order valence-corrected chi connectivity index (χ1v) is 5.68. The molecule has 6 N–H and O–H groups in total. The summed E-state index contributed by atoms with van der Waals surface area (Å²) >= 11 is 0. The van der Waals surface area contributed by atoms with Crippen molar-refractivity contribution in [1.29, 1.82) is 0 Å². The average molecular weight is 267 g/mol. The van der Waals surface area contributed by atoms with Crippen molar-refractivity contribution in [2.24, 2.45) is 22.4 Å². The maximum atomic E-state index is 13.6. The van der Waals surface area contributed by atoms with Crippen LogP contribution in [0, 0.1) is 5.92 Å². The third-order valence-corrected chi connectivity index (χ3v) is 3.02. The molecule has 6 atom stereocenters. The Labute approximate surface area is 104 Å². The molecule has 0 spiro atoms. The second-order valence-electron chi connectivity index (χ2n) is 4.45. The van der Waals surface area contributed by atoms with Crippen LogP contribution in [0.4, 0.5) is 8.78 Å². The van der Waals surface area contributed by atoms with Gasteiger partial charge in [-0.15, -0.1) is 0 Å². The predicted octanol–water partition coefficient (Wildman–Crippen LogP) is -0.960. The molecule has 0 aromatic heterocycles. The van der Waals surface area contributed by atoms with E-state index in [-0.39, 0.29) is 12.4 Å². The summed E-state index contributed by atoms with van der Waals surface area (Å²) in [5, 5.41) is 18.1. The van der Waals surface area contributed by atoms with Gasteiger partial charge in [-0.05, 0) is 0 Å². The number of halogens is 2. The second-order valence-corrected chi connectivity index (χ2v) is 4.45. The van der Waals surface area contributed by atoms with Crippen molar-refractivity contribution in [2.45, 2.75) is 44.1 Å². The van der Waals surface area contributed by atoms with Gasteiger partial charge in [0.1, 0.15) is 0 Å². The fourth-order valence-corrected chi connectivity index (χ4v) is 2.00. The van der Waals surface area contributed by atoms with E-state index < -0.39 is 43.3 Å². The molecule has 1 aliphatic heterocycles. The molecule has 0 saturated carbocycles. The fraction of sp³-hybridized carbons (Fsp3) is 0.900. The van der Waals surface area contributed by atoms with Crippen LogP contribution in [-0.2, 0) is 4.74 Å². The minimum atomic E-state index is -2.15. The summed E-state index contributed by atoms with van der Waals surface area (Å²) in [4.78, 5) is 3.67. The minimum absolute atomic E-state index is 0.0126. The molecule has 6 nitrogen and oxygen atoms in total. The Kier molecular flexibility index (Phi) is 5.24. The molecule has 8 heteroatoms. The highest BCUT2D eigenvalue weighted by Crippen LogP contribution is 2.32. The standard InChI is InChI=1S/C10H19F2N3O3/c1-4-6(2-5(17)3-16)18-9(12)7(11)8(4)15-10(13)14/h4-9,16-17H,2-3H2,1H3,(H4,13,14,15)/t4?,5-,6?,7?,8?,9?/m0/s1. The van der Waals surface area contributed by atoms with Crippen LogP contribution >= 0.6 is 0 Å². The van der Waals surface area contributed by atoms with Gasteiger partial charge in [-0.3, -0.25) is 0 Å². The molecule has 5 unspecified atom stereocenters. The lowest BCUT2D eigenvalue weighted by Gasteiger charge is -2.38. The number of rotatable bonds is 4. The van der Waals surface area contributed by atoms with Crippen molar-refractivity contribution in [3.05, 3.63) is 0 Å². The molecule has 0 aromatic rings. The summed E-state index contributed by atoms with van der Waals surface area (Å²) < 4.78 is 31.8. The van der Waals surface area contributed by atoms with E-state index in [4.69, 9.17) is 21.3 Å². The number of aliphatic hydroxyl groups excluding tert-OH is 2. The molecule has 1 aliphatic rings. The topological polar surface area (TPSA) is 114 Å². The van der Waals surface area contributed by atoms with E-state index in [2.05, 4.69) is 4.99 Å². The molecule has 0 bridgehead atoms. The number of hydrogen-bond donors (Lipinski definition) is 4. The minimum Gasteiger partial charge on any atom is -0.394 e. The molecular weight excluding hydrogens is 248 g/mol. The Morgan fingerprint density at radius 1 is 1.44 bits per heavy atom. The van der Waals surface area contributed by atoms with Gasteiger partial charge < -0.3 is 26.4 Å². The Bertz CT molecular complexity index is 300. The van der Waals surface area contributed by atoms with Gasteiger partial charge in [0.05, 0.1) is 24.9 Å².